The summed E-state index contributed by atoms with van der Waals surface area (Å²) >= 11 is 0. The summed E-state index contributed by atoms with van der Waals surface area (Å²) in [5, 5.41) is 7.15. The predicted octanol–water partition coefficient (Wildman–Crippen LogP) is 0.215. The molecule has 1 fully saturated rings. The lowest BCUT2D eigenvalue weighted by atomic mass is 9.84. The number of carbonyl (C=O) groups excluding carboxylic acids is 2. The maximum Gasteiger partial charge on any atom is 0.311 e. The van der Waals surface area contributed by atoms with Crippen molar-refractivity contribution in [1.82, 2.24) is 10.7 Å². The number of amides is 1. The van der Waals surface area contributed by atoms with E-state index in [1.165, 1.54) is 0 Å². The summed E-state index contributed by atoms with van der Waals surface area (Å²) in [7, 11) is 0. The summed E-state index contributed by atoms with van der Waals surface area (Å²) in [5.74, 6) is -0.365. The number of fused-ring (bicyclic) bond motifs is 1. The number of piperidine rings is 1. The first-order valence-corrected chi connectivity index (χ1v) is 5.97. The van der Waals surface area contributed by atoms with Gasteiger partial charge in [0, 0.05) is 5.92 Å². The highest BCUT2D eigenvalue weighted by atomic mass is 35.5. The highest BCUT2D eigenvalue weighted by Crippen LogP contribution is 2.22. The molecule has 2 rings (SSSR count). The van der Waals surface area contributed by atoms with Crippen LogP contribution in [-0.2, 0) is 14.3 Å². The summed E-state index contributed by atoms with van der Waals surface area (Å²) in [4.78, 5) is 23.0. The van der Waals surface area contributed by atoms with E-state index in [0.29, 0.717) is 6.61 Å². The zero-order valence-electron chi connectivity index (χ0n) is 10.3. The fourth-order valence-corrected chi connectivity index (χ4v) is 2.33. The number of nitrogens with zero attached hydrogens (tertiary/aromatic N) is 1. The van der Waals surface area contributed by atoms with Crippen LogP contribution in [0.3, 0.4) is 0 Å². The Morgan fingerprint density at radius 3 is 3.06 bits per heavy atom. The molecule has 2 aliphatic heterocycles. The predicted molar refractivity (Wildman–Crippen MR) is 68.6 cm³/mol. The molecule has 0 aliphatic carbocycles. The van der Waals surface area contributed by atoms with Crippen LogP contribution in [-0.4, -0.2) is 36.8 Å². The number of rotatable bonds is 3. The van der Waals surface area contributed by atoms with E-state index >= 15 is 0 Å². The van der Waals surface area contributed by atoms with Crippen molar-refractivity contribution in [2.45, 2.75) is 32.2 Å². The number of ether oxygens (including phenoxy) is 1. The van der Waals surface area contributed by atoms with E-state index < -0.39 is 0 Å². The molecule has 2 N–H and O–H groups in total. The van der Waals surface area contributed by atoms with E-state index in [0.717, 1.165) is 25.1 Å². The molecular formula is C11H18ClN3O3. The van der Waals surface area contributed by atoms with Crippen LogP contribution in [0.15, 0.2) is 5.10 Å². The lowest BCUT2D eigenvalue weighted by Gasteiger charge is -2.34. The fraction of sp³-hybridized carbons (Fsp3) is 0.727. The molecule has 2 unspecified atom stereocenters. The normalized spacial score (nSPS) is 26.3. The van der Waals surface area contributed by atoms with Crippen LogP contribution in [0.4, 0.5) is 0 Å². The van der Waals surface area contributed by atoms with Gasteiger partial charge in [-0.1, -0.05) is 0 Å². The summed E-state index contributed by atoms with van der Waals surface area (Å²) in [6.45, 7) is 2.97. The van der Waals surface area contributed by atoms with Crippen molar-refractivity contribution in [3.8, 4) is 0 Å². The summed E-state index contributed by atoms with van der Waals surface area (Å²) in [6, 6.07) is -0.245. The molecule has 1 amide bonds. The van der Waals surface area contributed by atoms with Crippen LogP contribution in [0.2, 0.25) is 0 Å². The fourth-order valence-electron chi connectivity index (χ4n) is 2.33. The number of hydrazone groups is 1. The molecule has 102 valence electrons. The average Bonchev–Trinajstić information content (AvgIpc) is 2.34. The molecule has 0 aromatic heterocycles. The number of carbonyl (C=O) groups is 2. The first-order valence-electron chi connectivity index (χ1n) is 5.97. The Hall–Kier alpha value is -1.14. The molecule has 6 nitrogen and oxygen atoms in total. The van der Waals surface area contributed by atoms with Gasteiger partial charge in [0.2, 0.25) is 0 Å². The van der Waals surface area contributed by atoms with Crippen LogP contribution in [0, 0.1) is 5.92 Å². The van der Waals surface area contributed by atoms with E-state index in [4.69, 9.17) is 4.74 Å². The van der Waals surface area contributed by atoms with Crippen LogP contribution in [0.5, 0.6) is 0 Å². The first kappa shape index (κ1) is 14.9. The number of hydrogen-bond donors (Lipinski definition) is 2. The van der Waals surface area contributed by atoms with Crippen molar-refractivity contribution >= 4 is 30.0 Å². The van der Waals surface area contributed by atoms with Gasteiger partial charge in [0.05, 0.1) is 24.8 Å². The topological polar surface area (TPSA) is 79.8 Å². The Bertz CT molecular complexity index is 359. The monoisotopic (exact) mass is 275 g/mol. The lowest BCUT2D eigenvalue weighted by Crippen LogP contribution is -2.56. The lowest BCUT2D eigenvalue weighted by molar-refractivity contribution is -0.141. The van der Waals surface area contributed by atoms with E-state index in [-0.39, 0.29) is 42.7 Å². The van der Waals surface area contributed by atoms with Gasteiger partial charge in [-0.3, -0.25) is 9.59 Å². The van der Waals surface area contributed by atoms with Gasteiger partial charge < -0.3 is 10.1 Å². The minimum absolute atomic E-state index is 0. The smallest absolute Gasteiger partial charge is 0.311 e. The summed E-state index contributed by atoms with van der Waals surface area (Å²) in [5.41, 5.74) is 3.18. The molecule has 1 saturated heterocycles. The summed E-state index contributed by atoms with van der Waals surface area (Å²) < 4.78 is 4.90. The number of nitrogens with one attached hydrogen (secondary N) is 2. The molecule has 2 heterocycles. The molecule has 0 saturated carbocycles. The van der Waals surface area contributed by atoms with Gasteiger partial charge in [-0.2, -0.15) is 5.10 Å². The molecule has 0 aromatic rings. The van der Waals surface area contributed by atoms with Crippen molar-refractivity contribution < 1.29 is 14.3 Å². The maximum absolute atomic E-state index is 11.6. The third-order valence-corrected chi connectivity index (χ3v) is 3.11. The van der Waals surface area contributed by atoms with E-state index in [1.807, 2.05) is 0 Å². The standard InChI is InChI=1S/C11H17N3O3.ClH/c1-2-17-9(15)6-8-7-4-3-5-12-10(7)11(16)14-13-8;/h7,10,12H,2-6H2,1H3,(H,14,16);1H. The largest absolute Gasteiger partial charge is 0.466 e. The zero-order chi connectivity index (χ0) is 12.3. The molecule has 18 heavy (non-hydrogen) atoms. The van der Waals surface area contributed by atoms with Crippen LogP contribution < -0.4 is 10.7 Å². The van der Waals surface area contributed by atoms with E-state index in [2.05, 4.69) is 15.8 Å². The molecule has 2 atom stereocenters. The second-order valence-corrected chi connectivity index (χ2v) is 4.24. The maximum atomic E-state index is 11.6. The Balaban J connectivity index is 0.00000162. The second-order valence-electron chi connectivity index (χ2n) is 4.24. The van der Waals surface area contributed by atoms with Crippen molar-refractivity contribution in [3.05, 3.63) is 0 Å². The highest BCUT2D eigenvalue weighted by Gasteiger charge is 2.37. The minimum Gasteiger partial charge on any atom is -0.466 e. The Labute approximate surface area is 112 Å². The molecule has 0 aromatic carbocycles. The Morgan fingerprint density at radius 2 is 2.33 bits per heavy atom. The molecule has 7 heteroatoms. The van der Waals surface area contributed by atoms with Crippen molar-refractivity contribution in [2.75, 3.05) is 13.2 Å². The molecule has 0 radical (unpaired) electrons. The van der Waals surface area contributed by atoms with Gasteiger partial charge in [-0.05, 0) is 26.3 Å². The van der Waals surface area contributed by atoms with E-state index in [9.17, 15) is 9.59 Å². The van der Waals surface area contributed by atoms with Gasteiger partial charge in [-0.15, -0.1) is 12.4 Å². The third-order valence-electron chi connectivity index (χ3n) is 3.11. The number of halogens is 1. The van der Waals surface area contributed by atoms with Gasteiger partial charge in [0.15, 0.2) is 0 Å². The molecular weight excluding hydrogens is 258 g/mol. The average molecular weight is 276 g/mol. The molecule has 0 bridgehead atoms. The van der Waals surface area contributed by atoms with Gasteiger partial charge in [0.25, 0.3) is 5.91 Å². The molecule has 0 spiro atoms. The van der Waals surface area contributed by atoms with Crippen molar-refractivity contribution in [3.63, 3.8) is 0 Å². The highest BCUT2D eigenvalue weighted by molar-refractivity contribution is 6.05. The summed E-state index contributed by atoms with van der Waals surface area (Å²) in [6.07, 6.45) is 2.05. The number of esters is 1. The second kappa shape index (κ2) is 6.70. The van der Waals surface area contributed by atoms with Gasteiger partial charge in [0.1, 0.15) is 0 Å². The Morgan fingerprint density at radius 1 is 1.56 bits per heavy atom. The Kier molecular flexibility index (Phi) is 5.55. The number of hydrogen-bond acceptors (Lipinski definition) is 5. The molecule has 2 aliphatic rings. The SMILES string of the molecule is CCOC(=O)CC1=NNC(=O)C2NCCCC12.Cl. The van der Waals surface area contributed by atoms with Gasteiger partial charge in [-0.25, -0.2) is 5.43 Å². The van der Waals surface area contributed by atoms with Gasteiger partial charge >= 0.3 is 5.97 Å². The quantitative estimate of drug-likeness (QED) is 0.722. The van der Waals surface area contributed by atoms with Crippen molar-refractivity contribution in [1.29, 1.82) is 0 Å². The van der Waals surface area contributed by atoms with Crippen LogP contribution in [0.25, 0.3) is 0 Å². The first-order chi connectivity index (χ1) is 8.22. The van der Waals surface area contributed by atoms with Crippen LogP contribution in [0.1, 0.15) is 26.2 Å². The minimum atomic E-state index is -0.285. The third kappa shape index (κ3) is 3.20. The van der Waals surface area contributed by atoms with E-state index in [1.54, 1.807) is 6.92 Å². The van der Waals surface area contributed by atoms with Crippen LogP contribution >= 0.6 is 12.4 Å². The van der Waals surface area contributed by atoms with Crippen molar-refractivity contribution in [2.24, 2.45) is 11.0 Å². The zero-order valence-corrected chi connectivity index (χ0v) is 11.1.